The van der Waals surface area contributed by atoms with Gasteiger partial charge in [-0.25, -0.2) is 8.42 Å². The molecule has 1 atom stereocenters. The average molecular weight is 626 g/mol. The van der Waals surface area contributed by atoms with Gasteiger partial charge in [0.25, 0.3) is 5.97 Å². The van der Waals surface area contributed by atoms with E-state index in [9.17, 15) is 13.2 Å². The summed E-state index contributed by atoms with van der Waals surface area (Å²) in [4.78, 5) is 24.4. The fraction of sp³-hybridized carbons (Fsp3) is 0.533. The number of alkyl halides is 1. The van der Waals surface area contributed by atoms with Crippen LogP contribution < -0.4 is 10.5 Å². The fourth-order valence-electron chi connectivity index (χ4n) is 4.69. The van der Waals surface area contributed by atoms with E-state index < -0.39 is 22.0 Å². The van der Waals surface area contributed by atoms with Gasteiger partial charge in [0.2, 0.25) is 15.9 Å². The summed E-state index contributed by atoms with van der Waals surface area (Å²) in [6.45, 7) is 7.07. The molecule has 1 aliphatic rings. The maximum atomic E-state index is 13.5. The van der Waals surface area contributed by atoms with Crippen molar-refractivity contribution in [1.82, 2.24) is 9.62 Å². The maximum Gasteiger partial charge on any atom is 0.300 e. The number of hydrogen-bond acceptors (Lipinski definition) is 6. The van der Waals surface area contributed by atoms with E-state index in [0.29, 0.717) is 37.2 Å². The molecule has 2 aromatic rings. The standard InChI is InChI=1S/C28H40ClN3O3S2.C2H4O2/c1-28(2,23-8-4-3-5-9-23)24-10-6-11-25(20-24)37(34,35)31-26(21-36-19-7-16-30)27(33)32-17-13-22(12-15-29)14-18-32;1-2(3)4/h3-6,8-11,20,22,26,31H,7,12-19,21,30H2,1-2H3;1H3,(H,3,4)/t26-;/m0./s1. The molecule has 0 aliphatic carbocycles. The lowest BCUT2D eigenvalue weighted by molar-refractivity contribution is -0.135. The minimum Gasteiger partial charge on any atom is -0.481 e. The Morgan fingerprint density at radius 2 is 1.73 bits per heavy atom. The van der Waals surface area contributed by atoms with E-state index in [1.165, 1.54) is 0 Å². The van der Waals surface area contributed by atoms with Crippen molar-refractivity contribution in [3.05, 3.63) is 65.7 Å². The first-order valence-electron chi connectivity index (χ1n) is 13.9. The predicted octanol–water partition coefficient (Wildman–Crippen LogP) is 4.70. The molecule has 1 aliphatic heterocycles. The highest BCUT2D eigenvalue weighted by molar-refractivity contribution is 7.99. The Morgan fingerprint density at radius 1 is 1.12 bits per heavy atom. The SMILES string of the molecule is CC(=O)O.CC(C)(c1ccccc1)c1cccc(S(=O)(=O)N[C@@H](CSCCCN)C(=O)N2CCC(CCCl)CC2)c1. The predicted molar refractivity (Wildman–Crippen MR) is 168 cm³/mol. The molecule has 1 amide bonds. The number of nitrogens with one attached hydrogen (secondary N) is 1. The van der Waals surface area contributed by atoms with Crippen molar-refractivity contribution in [2.24, 2.45) is 11.7 Å². The number of piperidine rings is 1. The van der Waals surface area contributed by atoms with Gasteiger partial charge in [-0.1, -0.05) is 56.3 Å². The molecule has 0 unspecified atom stereocenters. The minimum atomic E-state index is -3.92. The van der Waals surface area contributed by atoms with E-state index in [1.54, 1.807) is 34.9 Å². The number of hydrogen-bond donors (Lipinski definition) is 3. The lowest BCUT2D eigenvalue weighted by atomic mass is 9.78. The fourth-order valence-corrected chi connectivity index (χ4v) is 7.34. The Bertz CT molecular complexity index is 1200. The first-order valence-corrected chi connectivity index (χ1v) is 17.1. The molecule has 0 bridgehead atoms. The summed E-state index contributed by atoms with van der Waals surface area (Å²) in [5, 5.41) is 7.42. The highest BCUT2D eigenvalue weighted by atomic mass is 35.5. The number of carbonyl (C=O) groups excluding carboxylic acids is 1. The van der Waals surface area contributed by atoms with E-state index in [4.69, 9.17) is 27.2 Å². The van der Waals surface area contributed by atoms with Gasteiger partial charge in [-0.15, -0.1) is 11.6 Å². The van der Waals surface area contributed by atoms with Crippen molar-refractivity contribution in [3.63, 3.8) is 0 Å². The Hall–Kier alpha value is -2.11. The van der Waals surface area contributed by atoms with Crippen LogP contribution in [-0.4, -0.2) is 73.4 Å². The number of rotatable bonds is 13. The average Bonchev–Trinajstić information content (AvgIpc) is 2.95. The Morgan fingerprint density at radius 3 is 2.32 bits per heavy atom. The van der Waals surface area contributed by atoms with Crippen LogP contribution in [0.25, 0.3) is 0 Å². The number of amides is 1. The van der Waals surface area contributed by atoms with Crippen LogP contribution in [0.4, 0.5) is 0 Å². The molecule has 3 rings (SSSR count). The smallest absolute Gasteiger partial charge is 0.300 e. The van der Waals surface area contributed by atoms with Crippen LogP contribution in [0.15, 0.2) is 59.5 Å². The number of carbonyl (C=O) groups is 2. The second-order valence-corrected chi connectivity index (χ2v) is 13.9. The summed E-state index contributed by atoms with van der Waals surface area (Å²) < 4.78 is 29.8. The first-order chi connectivity index (χ1) is 19.4. The van der Waals surface area contributed by atoms with Gasteiger partial charge >= 0.3 is 0 Å². The van der Waals surface area contributed by atoms with Gasteiger partial charge in [0, 0.05) is 37.1 Å². The zero-order valence-corrected chi connectivity index (χ0v) is 26.6. The Balaban J connectivity index is 0.00000138. The number of carboxylic acids is 1. The largest absolute Gasteiger partial charge is 0.481 e. The topological polar surface area (TPSA) is 130 Å². The second-order valence-electron chi connectivity index (χ2n) is 10.7. The summed E-state index contributed by atoms with van der Waals surface area (Å²) in [7, 11) is -3.92. The van der Waals surface area contributed by atoms with Crippen molar-refractivity contribution in [2.75, 3.05) is 37.0 Å². The van der Waals surface area contributed by atoms with Gasteiger partial charge in [0.15, 0.2) is 0 Å². The van der Waals surface area contributed by atoms with E-state index in [1.807, 2.05) is 36.4 Å². The third-order valence-corrected chi connectivity index (χ3v) is 10.0. The van der Waals surface area contributed by atoms with Crippen LogP contribution in [-0.2, 0) is 25.0 Å². The van der Waals surface area contributed by atoms with E-state index >= 15 is 0 Å². The molecule has 0 aromatic heterocycles. The lowest BCUT2D eigenvalue weighted by Crippen LogP contribution is -2.52. The quantitative estimate of drug-likeness (QED) is 0.217. The number of thioether (sulfide) groups is 1. The summed E-state index contributed by atoms with van der Waals surface area (Å²) in [5.41, 5.74) is 7.23. The van der Waals surface area contributed by atoms with Gasteiger partial charge in [-0.05, 0) is 67.2 Å². The minimum absolute atomic E-state index is 0.158. The molecule has 1 saturated heterocycles. The Labute approximate surface area is 254 Å². The van der Waals surface area contributed by atoms with Gasteiger partial charge < -0.3 is 15.7 Å². The number of likely N-dealkylation sites (tertiary alicyclic amines) is 1. The molecular formula is C30H44ClN3O5S2. The van der Waals surface area contributed by atoms with Gasteiger partial charge in [0.05, 0.1) is 4.90 Å². The number of aliphatic carboxylic acids is 1. The molecule has 0 spiro atoms. The number of nitrogens with two attached hydrogens (primary N) is 1. The summed E-state index contributed by atoms with van der Waals surface area (Å²) in [6, 6.07) is 16.2. The highest BCUT2D eigenvalue weighted by Crippen LogP contribution is 2.32. The number of benzene rings is 2. The molecule has 1 heterocycles. The maximum absolute atomic E-state index is 13.5. The third kappa shape index (κ3) is 11.2. The molecule has 0 saturated carbocycles. The Kier molecular flexibility index (Phi) is 14.6. The van der Waals surface area contributed by atoms with Crippen molar-refractivity contribution < 1.29 is 23.1 Å². The van der Waals surface area contributed by atoms with Crippen molar-refractivity contribution >= 4 is 45.3 Å². The van der Waals surface area contributed by atoms with Crippen LogP contribution in [0.1, 0.15) is 57.6 Å². The number of halogens is 1. The molecule has 228 valence electrons. The lowest BCUT2D eigenvalue weighted by Gasteiger charge is -2.34. The zero-order valence-electron chi connectivity index (χ0n) is 24.2. The van der Waals surface area contributed by atoms with Crippen molar-refractivity contribution in [2.45, 2.75) is 62.8 Å². The normalized spacial score (nSPS) is 15.1. The highest BCUT2D eigenvalue weighted by Gasteiger charge is 2.32. The van der Waals surface area contributed by atoms with E-state index in [-0.39, 0.29) is 16.2 Å². The van der Waals surface area contributed by atoms with Crippen LogP contribution in [0.2, 0.25) is 0 Å². The van der Waals surface area contributed by atoms with E-state index in [0.717, 1.165) is 49.5 Å². The second kappa shape index (κ2) is 17.1. The van der Waals surface area contributed by atoms with Gasteiger partial charge in [0.1, 0.15) is 6.04 Å². The number of carboxylic acid groups (broad SMARTS) is 1. The molecule has 2 aromatic carbocycles. The molecule has 11 heteroatoms. The monoisotopic (exact) mass is 625 g/mol. The molecule has 8 nitrogen and oxygen atoms in total. The summed E-state index contributed by atoms with van der Waals surface area (Å²) in [5.74, 6) is 1.30. The van der Waals surface area contributed by atoms with Crippen LogP contribution in [0, 0.1) is 5.92 Å². The van der Waals surface area contributed by atoms with Gasteiger partial charge in [-0.2, -0.15) is 16.5 Å². The summed E-state index contributed by atoms with van der Waals surface area (Å²) in [6.07, 6.45) is 3.56. The molecule has 1 fully saturated rings. The van der Waals surface area contributed by atoms with Crippen LogP contribution >= 0.6 is 23.4 Å². The van der Waals surface area contributed by atoms with Crippen molar-refractivity contribution in [1.29, 1.82) is 0 Å². The first kappa shape index (κ1) is 35.1. The van der Waals surface area contributed by atoms with Crippen LogP contribution in [0.5, 0.6) is 0 Å². The molecule has 41 heavy (non-hydrogen) atoms. The van der Waals surface area contributed by atoms with Crippen molar-refractivity contribution in [3.8, 4) is 0 Å². The number of sulfonamides is 1. The molecule has 4 N–H and O–H groups in total. The van der Waals surface area contributed by atoms with E-state index in [2.05, 4.69) is 18.6 Å². The van der Waals surface area contributed by atoms with Crippen LogP contribution in [0.3, 0.4) is 0 Å². The third-order valence-electron chi connectivity index (χ3n) is 7.18. The number of nitrogens with zero attached hydrogens (tertiary/aromatic N) is 1. The van der Waals surface area contributed by atoms with Gasteiger partial charge in [-0.3, -0.25) is 9.59 Å². The summed E-state index contributed by atoms with van der Waals surface area (Å²) >= 11 is 7.46. The molecule has 0 radical (unpaired) electrons. The molecular weight excluding hydrogens is 582 g/mol. The zero-order chi connectivity index (χ0) is 30.5.